The molecule has 1 aliphatic heterocycles. The second-order valence-electron chi connectivity index (χ2n) is 2.86. The van der Waals surface area contributed by atoms with Gasteiger partial charge in [-0.05, 0) is 12.1 Å². The first kappa shape index (κ1) is 8.96. The second kappa shape index (κ2) is 3.26. The van der Waals surface area contributed by atoms with E-state index in [2.05, 4.69) is 0 Å². The van der Waals surface area contributed by atoms with Crippen molar-refractivity contribution >= 4 is 5.97 Å². The minimum absolute atomic E-state index is 0.0672. The van der Waals surface area contributed by atoms with Crippen LogP contribution in [0.15, 0.2) is 12.1 Å². The number of hydrogen-bond acceptors (Lipinski definition) is 3. The lowest BCUT2D eigenvalue weighted by Crippen LogP contribution is -2.13. The first-order valence-electron chi connectivity index (χ1n) is 3.95. The Balaban J connectivity index is 2.50. The van der Waals surface area contributed by atoms with Gasteiger partial charge in [0.05, 0.1) is 12.2 Å². The zero-order valence-electron chi connectivity index (χ0n) is 7.12. The van der Waals surface area contributed by atoms with Gasteiger partial charge in [0.1, 0.15) is 11.6 Å². The minimum atomic E-state index is -1.31. The smallest absolute Gasteiger partial charge is 0.338 e. The van der Waals surface area contributed by atoms with Crippen molar-refractivity contribution in [1.82, 2.24) is 0 Å². The van der Waals surface area contributed by atoms with Crippen molar-refractivity contribution in [2.24, 2.45) is 0 Å². The number of aromatic carboxylic acids is 1. The third-order valence-corrected chi connectivity index (χ3v) is 1.94. The van der Waals surface area contributed by atoms with Gasteiger partial charge in [-0.1, -0.05) is 0 Å². The Bertz CT molecular complexity index is 389. The lowest BCUT2D eigenvalue weighted by molar-refractivity contribution is -0.0167. The Morgan fingerprint density at radius 2 is 2.29 bits per heavy atom. The normalized spacial score (nSPS) is 14.4. The highest BCUT2D eigenvalue weighted by Crippen LogP contribution is 2.26. The van der Waals surface area contributed by atoms with Crippen molar-refractivity contribution in [3.05, 3.63) is 29.1 Å². The fourth-order valence-corrected chi connectivity index (χ4v) is 1.26. The van der Waals surface area contributed by atoms with Crippen molar-refractivity contribution in [2.45, 2.75) is 6.61 Å². The topological polar surface area (TPSA) is 55.8 Å². The summed E-state index contributed by atoms with van der Waals surface area (Å²) in [4.78, 5) is 10.6. The quantitative estimate of drug-likeness (QED) is 0.740. The Hall–Kier alpha value is -1.62. The Labute approximate surface area is 78.9 Å². The lowest BCUT2D eigenvalue weighted by atomic mass is 10.1. The maximum Gasteiger partial charge on any atom is 0.338 e. The van der Waals surface area contributed by atoms with Gasteiger partial charge in [-0.15, -0.1) is 0 Å². The average molecular weight is 198 g/mol. The largest absolute Gasteiger partial charge is 0.478 e. The molecule has 74 valence electrons. The van der Waals surface area contributed by atoms with Crippen LogP contribution in [0.2, 0.25) is 0 Å². The molecule has 4 nitrogen and oxygen atoms in total. The summed E-state index contributed by atoms with van der Waals surface area (Å²) in [7, 11) is 0. The van der Waals surface area contributed by atoms with Crippen LogP contribution in [0.5, 0.6) is 5.75 Å². The van der Waals surface area contributed by atoms with Crippen LogP contribution in [-0.2, 0) is 11.3 Å². The molecule has 14 heavy (non-hydrogen) atoms. The van der Waals surface area contributed by atoms with Gasteiger partial charge < -0.3 is 14.6 Å². The summed E-state index contributed by atoms with van der Waals surface area (Å²) in [6, 6.07) is 2.30. The Morgan fingerprint density at radius 3 is 3.00 bits per heavy atom. The number of carbonyl (C=O) groups is 1. The number of ether oxygens (including phenoxy) is 2. The molecule has 0 saturated carbocycles. The van der Waals surface area contributed by atoms with Crippen LogP contribution in [0.4, 0.5) is 4.39 Å². The first-order chi connectivity index (χ1) is 6.68. The zero-order valence-corrected chi connectivity index (χ0v) is 7.12. The summed E-state index contributed by atoms with van der Waals surface area (Å²) in [6.45, 7) is 0.309. The van der Waals surface area contributed by atoms with Crippen LogP contribution in [0.3, 0.4) is 0 Å². The highest BCUT2D eigenvalue weighted by Gasteiger charge is 2.18. The number of benzene rings is 1. The fraction of sp³-hybridized carbons (Fsp3) is 0.222. The molecule has 1 N–H and O–H groups in total. The van der Waals surface area contributed by atoms with Crippen LogP contribution >= 0.6 is 0 Å². The van der Waals surface area contributed by atoms with E-state index in [4.69, 9.17) is 14.6 Å². The molecule has 0 amide bonds. The van der Waals surface area contributed by atoms with Gasteiger partial charge in [-0.25, -0.2) is 9.18 Å². The van der Waals surface area contributed by atoms with Crippen LogP contribution in [-0.4, -0.2) is 17.9 Å². The number of carboxylic acids is 1. The minimum Gasteiger partial charge on any atom is -0.478 e. The molecule has 0 radical (unpaired) electrons. The van der Waals surface area contributed by atoms with Crippen molar-refractivity contribution in [2.75, 3.05) is 6.79 Å². The molecule has 0 bridgehead atoms. The van der Waals surface area contributed by atoms with Gasteiger partial charge in [0.15, 0.2) is 6.79 Å². The first-order valence-corrected chi connectivity index (χ1v) is 3.95. The summed E-state index contributed by atoms with van der Waals surface area (Å²) in [6.07, 6.45) is 0. The SMILES string of the molecule is O=C(O)c1cc2c(cc1F)COCO2. The van der Waals surface area contributed by atoms with E-state index in [1.807, 2.05) is 0 Å². The molecule has 1 aromatic rings. The summed E-state index contributed by atoms with van der Waals surface area (Å²) in [5, 5.41) is 8.64. The maximum absolute atomic E-state index is 13.1. The molecule has 0 saturated heterocycles. The molecule has 1 aliphatic rings. The average Bonchev–Trinajstić information content (AvgIpc) is 2.16. The molecular formula is C9H7FO4. The third-order valence-electron chi connectivity index (χ3n) is 1.94. The van der Waals surface area contributed by atoms with Gasteiger partial charge in [0, 0.05) is 5.56 Å². The molecule has 0 atom stereocenters. The highest BCUT2D eigenvalue weighted by atomic mass is 19.1. The van der Waals surface area contributed by atoms with E-state index in [0.717, 1.165) is 6.07 Å². The van der Waals surface area contributed by atoms with E-state index < -0.39 is 11.8 Å². The molecule has 0 fully saturated rings. The summed E-state index contributed by atoms with van der Waals surface area (Å²) in [5.41, 5.74) is 0.143. The number of hydrogen-bond donors (Lipinski definition) is 1. The molecule has 0 unspecified atom stereocenters. The lowest BCUT2D eigenvalue weighted by Gasteiger charge is -2.17. The molecule has 1 aromatic carbocycles. The standard InChI is InChI=1S/C9H7FO4/c10-7-1-5-3-13-4-14-8(5)2-6(7)9(11)12/h1-2H,3-4H2,(H,11,12). The fourth-order valence-electron chi connectivity index (χ4n) is 1.26. The van der Waals surface area contributed by atoms with Crippen molar-refractivity contribution < 1.29 is 23.8 Å². The van der Waals surface area contributed by atoms with Crippen molar-refractivity contribution in [3.63, 3.8) is 0 Å². The second-order valence-corrected chi connectivity index (χ2v) is 2.86. The third kappa shape index (κ3) is 1.42. The molecule has 0 aliphatic carbocycles. The van der Waals surface area contributed by atoms with Crippen LogP contribution in [0.1, 0.15) is 15.9 Å². The number of carboxylic acid groups (broad SMARTS) is 1. The molecule has 1 heterocycles. The van der Waals surface area contributed by atoms with Crippen molar-refractivity contribution in [3.8, 4) is 5.75 Å². The van der Waals surface area contributed by atoms with Crippen LogP contribution in [0.25, 0.3) is 0 Å². The number of halogens is 1. The van der Waals surface area contributed by atoms with Gasteiger partial charge in [-0.2, -0.15) is 0 Å². The van der Waals surface area contributed by atoms with E-state index >= 15 is 0 Å². The molecule has 0 aromatic heterocycles. The molecule has 2 rings (SSSR count). The van der Waals surface area contributed by atoms with Crippen molar-refractivity contribution in [1.29, 1.82) is 0 Å². The maximum atomic E-state index is 13.1. The number of rotatable bonds is 1. The predicted molar refractivity (Wildman–Crippen MR) is 43.6 cm³/mol. The number of fused-ring (bicyclic) bond motifs is 1. The van der Waals surface area contributed by atoms with E-state index in [1.165, 1.54) is 6.07 Å². The van der Waals surface area contributed by atoms with Gasteiger partial charge >= 0.3 is 5.97 Å². The Kier molecular flexibility index (Phi) is 2.09. The zero-order chi connectivity index (χ0) is 10.1. The Morgan fingerprint density at radius 1 is 1.50 bits per heavy atom. The van der Waals surface area contributed by atoms with Crippen LogP contribution < -0.4 is 4.74 Å². The monoisotopic (exact) mass is 198 g/mol. The highest BCUT2D eigenvalue weighted by molar-refractivity contribution is 5.88. The van der Waals surface area contributed by atoms with E-state index in [-0.39, 0.29) is 19.0 Å². The predicted octanol–water partition coefficient (Wildman–Crippen LogP) is 1.39. The summed E-state index contributed by atoms with van der Waals surface area (Å²) in [5.74, 6) is -1.71. The van der Waals surface area contributed by atoms with E-state index in [0.29, 0.717) is 11.3 Å². The van der Waals surface area contributed by atoms with E-state index in [1.54, 1.807) is 0 Å². The summed E-state index contributed by atoms with van der Waals surface area (Å²) >= 11 is 0. The van der Waals surface area contributed by atoms with Gasteiger partial charge in [-0.3, -0.25) is 0 Å². The molecule has 0 spiro atoms. The summed E-state index contributed by atoms with van der Waals surface area (Å²) < 4.78 is 23.1. The van der Waals surface area contributed by atoms with Gasteiger partial charge in [0.2, 0.25) is 0 Å². The van der Waals surface area contributed by atoms with Crippen LogP contribution in [0, 0.1) is 5.82 Å². The molecular weight excluding hydrogens is 191 g/mol. The van der Waals surface area contributed by atoms with E-state index in [9.17, 15) is 9.18 Å². The molecule has 5 heteroatoms. The van der Waals surface area contributed by atoms with Gasteiger partial charge in [0.25, 0.3) is 0 Å².